The Morgan fingerprint density at radius 2 is 1.52 bits per heavy atom. The number of nitrogens with zero attached hydrogens (tertiary/aromatic N) is 2. The Bertz CT molecular complexity index is 950. The van der Waals surface area contributed by atoms with Gasteiger partial charge in [0.1, 0.15) is 0 Å². The Hall–Kier alpha value is -2.51. The van der Waals surface area contributed by atoms with Crippen LogP contribution < -0.4 is 10.3 Å². The third-order valence-electron chi connectivity index (χ3n) is 3.31. The lowest BCUT2D eigenvalue weighted by Crippen LogP contribution is -2.30. The van der Waals surface area contributed by atoms with E-state index in [2.05, 4.69) is 20.2 Å². The quantitative estimate of drug-likeness (QED) is 0.719. The van der Waals surface area contributed by atoms with Gasteiger partial charge in [0.15, 0.2) is 0 Å². The minimum atomic E-state index is -3.72. The van der Waals surface area contributed by atoms with Crippen LogP contribution in [0.4, 0.5) is 5.95 Å². The molecule has 0 radical (unpaired) electrons. The fraction of sp³-hybridized carbons (Fsp3) is 0.125. The monoisotopic (exact) mass is 328 g/mol. The van der Waals surface area contributed by atoms with Crippen LogP contribution in [0.5, 0.6) is 0 Å². The van der Waals surface area contributed by atoms with Crippen molar-refractivity contribution in [2.24, 2.45) is 0 Å². The number of hydrogen-bond donors (Lipinski definition) is 2. The number of sulfonamides is 1. The molecule has 3 aromatic rings. The molecule has 0 aliphatic rings. The minimum Gasteiger partial charge on any atom is -0.276 e. The maximum atomic E-state index is 12.4. The summed E-state index contributed by atoms with van der Waals surface area (Å²) in [6.07, 6.45) is 0. The molecule has 23 heavy (non-hydrogen) atoms. The maximum absolute atomic E-state index is 12.4. The zero-order chi connectivity index (χ0) is 16.4. The molecule has 0 bridgehead atoms. The van der Waals surface area contributed by atoms with Gasteiger partial charge in [-0.25, -0.2) is 18.4 Å². The van der Waals surface area contributed by atoms with Gasteiger partial charge in [0.05, 0.1) is 4.90 Å². The summed E-state index contributed by atoms with van der Waals surface area (Å²) in [5, 5.41) is 1.84. The molecule has 0 atom stereocenters. The van der Waals surface area contributed by atoms with Crippen molar-refractivity contribution < 1.29 is 8.42 Å². The average molecular weight is 328 g/mol. The van der Waals surface area contributed by atoms with Crippen molar-refractivity contribution in [1.29, 1.82) is 0 Å². The van der Waals surface area contributed by atoms with Crippen LogP contribution in [0, 0.1) is 13.8 Å². The van der Waals surface area contributed by atoms with Crippen LogP contribution in [0.2, 0.25) is 0 Å². The van der Waals surface area contributed by atoms with E-state index in [1.807, 2.05) is 44.2 Å². The highest BCUT2D eigenvalue weighted by atomic mass is 32.2. The van der Waals surface area contributed by atoms with Crippen LogP contribution >= 0.6 is 0 Å². The molecule has 0 saturated heterocycles. The summed E-state index contributed by atoms with van der Waals surface area (Å²) >= 11 is 0. The lowest BCUT2D eigenvalue weighted by atomic mass is 10.1. The van der Waals surface area contributed by atoms with E-state index in [0.29, 0.717) is 0 Å². The zero-order valence-electron chi connectivity index (χ0n) is 12.7. The molecule has 0 aliphatic heterocycles. The lowest BCUT2D eigenvalue weighted by Gasteiger charge is -2.10. The van der Waals surface area contributed by atoms with E-state index in [4.69, 9.17) is 0 Å². The third-order valence-corrected chi connectivity index (χ3v) is 4.56. The first-order chi connectivity index (χ1) is 10.9. The van der Waals surface area contributed by atoms with Crippen LogP contribution in [0.25, 0.3) is 10.8 Å². The number of aryl methyl sites for hydroxylation is 2. The van der Waals surface area contributed by atoms with E-state index in [0.717, 1.165) is 22.2 Å². The molecule has 0 saturated carbocycles. The Kier molecular flexibility index (Phi) is 3.97. The summed E-state index contributed by atoms with van der Waals surface area (Å²) in [5.41, 5.74) is 4.06. The van der Waals surface area contributed by atoms with Crippen molar-refractivity contribution in [1.82, 2.24) is 14.8 Å². The largest absolute Gasteiger partial charge is 0.276 e. The highest BCUT2D eigenvalue weighted by Crippen LogP contribution is 2.18. The van der Waals surface area contributed by atoms with Gasteiger partial charge in [-0.2, -0.15) is 0 Å². The van der Waals surface area contributed by atoms with Crippen LogP contribution in [0.3, 0.4) is 0 Å². The van der Waals surface area contributed by atoms with Crippen molar-refractivity contribution in [3.05, 3.63) is 59.9 Å². The van der Waals surface area contributed by atoms with Gasteiger partial charge in [0.25, 0.3) is 10.0 Å². The van der Waals surface area contributed by atoms with Crippen LogP contribution in [0.15, 0.2) is 53.4 Å². The van der Waals surface area contributed by atoms with Gasteiger partial charge in [0, 0.05) is 11.4 Å². The predicted octanol–water partition coefficient (Wildman–Crippen LogP) is 2.55. The Morgan fingerprint density at radius 1 is 0.870 bits per heavy atom. The number of fused-ring (bicyclic) bond motifs is 1. The average Bonchev–Trinajstić information content (AvgIpc) is 2.52. The van der Waals surface area contributed by atoms with Crippen molar-refractivity contribution >= 4 is 26.7 Å². The van der Waals surface area contributed by atoms with Crippen molar-refractivity contribution in [3.63, 3.8) is 0 Å². The van der Waals surface area contributed by atoms with E-state index >= 15 is 0 Å². The second-order valence-electron chi connectivity index (χ2n) is 5.21. The summed E-state index contributed by atoms with van der Waals surface area (Å²) in [5.74, 6) is 0.215. The zero-order valence-corrected chi connectivity index (χ0v) is 13.6. The molecule has 1 heterocycles. The predicted molar refractivity (Wildman–Crippen MR) is 89.4 cm³/mol. The standard InChI is InChI=1S/C16H16N4O2S/c1-11-9-12(2)18-16(17-11)19-20-23(21,22)15-8-7-13-5-3-4-6-14(13)10-15/h3-10,20H,1-2H3,(H,17,18,19). The molecule has 6 nitrogen and oxygen atoms in total. The van der Waals surface area contributed by atoms with Crippen LogP contribution in [-0.4, -0.2) is 18.4 Å². The number of benzene rings is 2. The second kappa shape index (κ2) is 5.94. The van der Waals surface area contributed by atoms with E-state index in [9.17, 15) is 8.42 Å². The molecule has 7 heteroatoms. The van der Waals surface area contributed by atoms with E-state index in [1.165, 1.54) is 0 Å². The van der Waals surface area contributed by atoms with Crippen molar-refractivity contribution in [2.75, 3.05) is 5.43 Å². The minimum absolute atomic E-state index is 0.174. The Morgan fingerprint density at radius 3 is 2.22 bits per heavy atom. The van der Waals surface area contributed by atoms with Gasteiger partial charge in [-0.1, -0.05) is 30.3 Å². The van der Waals surface area contributed by atoms with Gasteiger partial charge in [0.2, 0.25) is 5.95 Å². The number of hydrazine groups is 1. The SMILES string of the molecule is Cc1cc(C)nc(NNS(=O)(=O)c2ccc3ccccc3c2)n1. The highest BCUT2D eigenvalue weighted by molar-refractivity contribution is 7.89. The molecule has 0 fully saturated rings. The molecule has 0 spiro atoms. The number of anilines is 1. The molecule has 1 aromatic heterocycles. The first-order valence-electron chi connectivity index (χ1n) is 7.03. The van der Waals surface area contributed by atoms with E-state index in [-0.39, 0.29) is 10.8 Å². The lowest BCUT2D eigenvalue weighted by molar-refractivity contribution is 0.587. The molecule has 0 aliphatic carbocycles. The van der Waals surface area contributed by atoms with Crippen LogP contribution in [0.1, 0.15) is 11.4 Å². The summed E-state index contributed by atoms with van der Waals surface area (Å²) in [6, 6.07) is 14.4. The number of nitrogens with one attached hydrogen (secondary N) is 2. The Balaban J connectivity index is 1.85. The molecule has 118 valence electrons. The molecule has 0 unspecified atom stereocenters. The normalized spacial score (nSPS) is 11.6. The molecular formula is C16H16N4O2S. The number of rotatable bonds is 4. The van der Waals surface area contributed by atoms with Gasteiger partial charge >= 0.3 is 0 Å². The molecule has 2 aromatic carbocycles. The van der Waals surface area contributed by atoms with Crippen molar-refractivity contribution in [3.8, 4) is 0 Å². The van der Waals surface area contributed by atoms with Gasteiger partial charge in [-0.05, 0) is 42.8 Å². The summed E-state index contributed by atoms with van der Waals surface area (Å²) in [6.45, 7) is 3.63. The summed E-state index contributed by atoms with van der Waals surface area (Å²) in [7, 11) is -3.72. The van der Waals surface area contributed by atoms with E-state index < -0.39 is 10.0 Å². The molecular weight excluding hydrogens is 312 g/mol. The van der Waals surface area contributed by atoms with Gasteiger partial charge in [-0.3, -0.25) is 5.43 Å². The van der Waals surface area contributed by atoms with Crippen molar-refractivity contribution in [2.45, 2.75) is 18.7 Å². The first-order valence-corrected chi connectivity index (χ1v) is 8.51. The number of aromatic nitrogens is 2. The van der Waals surface area contributed by atoms with Gasteiger partial charge < -0.3 is 0 Å². The van der Waals surface area contributed by atoms with Crippen LogP contribution in [-0.2, 0) is 10.0 Å². The van der Waals surface area contributed by atoms with E-state index in [1.54, 1.807) is 18.2 Å². The number of hydrogen-bond acceptors (Lipinski definition) is 5. The Labute approximate surface area is 134 Å². The summed E-state index contributed by atoms with van der Waals surface area (Å²) in [4.78, 5) is 10.7. The summed E-state index contributed by atoms with van der Waals surface area (Å²) < 4.78 is 24.8. The fourth-order valence-corrected chi connectivity index (χ4v) is 3.16. The first kappa shape index (κ1) is 15.4. The maximum Gasteiger partial charge on any atom is 0.257 e. The molecule has 2 N–H and O–H groups in total. The molecule has 3 rings (SSSR count). The smallest absolute Gasteiger partial charge is 0.257 e. The third kappa shape index (κ3) is 3.46. The van der Waals surface area contributed by atoms with Gasteiger partial charge in [-0.15, -0.1) is 4.83 Å². The molecule has 0 amide bonds. The topological polar surface area (TPSA) is 84.0 Å². The fourth-order valence-electron chi connectivity index (χ4n) is 2.29. The second-order valence-corrected chi connectivity index (χ2v) is 6.90. The highest BCUT2D eigenvalue weighted by Gasteiger charge is 2.14.